The van der Waals surface area contributed by atoms with Gasteiger partial charge in [0.15, 0.2) is 0 Å². The zero-order valence-electron chi connectivity index (χ0n) is 30.5. The number of piperazine rings is 2. The fourth-order valence-corrected chi connectivity index (χ4v) is 11.2. The number of fused-ring (bicyclic) bond motifs is 4. The Kier molecular flexibility index (Phi) is 9.37. The molecule has 0 saturated carbocycles. The van der Waals surface area contributed by atoms with E-state index in [-0.39, 0.29) is 0 Å². The predicted octanol–water partition coefficient (Wildman–Crippen LogP) is 6.60. The second-order valence-corrected chi connectivity index (χ2v) is 18.1. The number of rotatable bonds is 6. The van der Waals surface area contributed by atoms with Crippen LogP contribution in [0.3, 0.4) is 0 Å². The van der Waals surface area contributed by atoms with Crippen LogP contribution in [0, 0.1) is 0 Å². The summed E-state index contributed by atoms with van der Waals surface area (Å²) in [6.45, 7) is 8.03. The number of hydrogen-bond donors (Lipinski definition) is 1. The van der Waals surface area contributed by atoms with E-state index in [1.807, 2.05) is 72.8 Å². The van der Waals surface area contributed by atoms with Crippen LogP contribution in [0.4, 0.5) is 11.4 Å². The molecule has 3 saturated heterocycles. The molecule has 7 aromatic rings. The van der Waals surface area contributed by atoms with Gasteiger partial charge in [-0.05, 0) is 90.8 Å². The highest BCUT2D eigenvalue weighted by atomic mass is 32.2. The lowest BCUT2D eigenvalue weighted by Crippen LogP contribution is -2.50. The van der Waals surface area contributed by atoms with Gasteiger partial charge in [0.1, 0.15) is 0 Å². The molecule has 10 nitrogen and oxygen atoms in total. The molecular formula is C43H44N6O4S2. The Morgan fingerprint density at radius 1 is 0.527 bits per heavy atom. The van der Waals surface area contributed by atoms with Gasteiger partial charge in [0, 0.05) is 86.4 Å². The molecule has 3 fully saturated rings. The molecule has 5 heterocycles. The molecule has 3 aliphatic heterocycles. The number of benzene rings is 5. The standard InChI is InChI=1S/C22H21N3O2S.C21H23N3O2S/c26-28(27,19-9-8-17-4-1-2-5-18(17)16-19)25-13-10-20-21(6-3-7-22(20)25)24-14-11-23-12-15-24;25-27(26,18-7-2-1-3-8-18)24-13-11-19-20(9-4-10-21(19)24)23-15-14-22-12-5-6-17(22)16-23/h1-10,13,16,23H,11-12,14-15H2;1-4,7-11,13,17H,5-6,12,14-16H2. The Labute approximate surface area is 322 Å². The monoisotopic (exact) mass is 772 g/mol. The maximum Gasteiger partial charge on any atom is 0.268 e. The SMILES string of the molecule is O=S(=O)(c1ccc2ccccc2c1)n1ccc2c(N3CCNCC3)cccc21.O=S(=O)(c1ccccc1)n1ccc2c(N3CCN4CCCC4C3)cccc21. The molecule has 0 spiro atoms. The van der Waals surface area contributed by atoms with Crippen LogP contribution in [-0.2, 0) is 20.0 Å². The third-order valence-electron chi connectivity index (χ3n) is 11.3. The second-order valence-electron chi connectivity index (χ2n) is 14.5. The minimum atomic E-state index is -3.68. The van der Waals surface area contributed by atoms with E-state index in [0.29, 0.717) is 21.3 Å². The number of anilines is 2. The summed E-state index contributed by atoms with van der Waals surface area (Å²) >= 11 is 0. The van der Waals surface area contributed by atoms with Gasteiger partial charge < -0.3 is 15.1 Å². The molecule has 0 radical (unpaired) electrons. The van der Waals surface area contributed by atoms with Crippen LogP contribution in [0.5, 0.6) is 0 Å². The first-order valence-electron chi connectivity index (χ1n) is 19.0. The van der Waals surface area contributed by atoms with Crippen LogP contribution in [0.15, 0.2) is 144 Å². The highest BCUT2D eigenvalue weighted by Crippen LogP contribution is 2.34. The van der Waals surface area contributed by atoms with E-state index in [9.17, 15) is 16.8 Å². The Morgan fingerprint density at radius 2 is 1.15 bits per heavy atom. The highest BCUT2D eigenvalue weighted by molar-refractivity contribution is 7.90. The summed E-state index contributed by atoms with van der Waals surface area (Å²) < 4.78 is 55.7. The van der Waals surface area contributed by atoms with Crippen LogP contribution in [0.25, 0.3) is 32.6 Å². The third-order valence-corrected chi connectivity index (χ3v) is 14.7. The molecule has 1 atom stereocenters. The maximum atomic E-state index is 13.4. The molecule has 12 heteroatoms. The van der Waals surface area contributed by atoms with Crippen LogP contribution in [0.1, 0.15) is 12.8 Å². The molecule has 2 aromatic heterocycles. The zero-order valence-corrected chi connectivity index (χ0v) is 32.2. The fourth-order valence-electron chi connectivity index (χ4n) is 8.49. The smallest absolute Gasteiger partial charge is 0.268 e. The van der Waals surface area contributed by atoms with Crippen molar-refractivity contribution in [3.05, 3.63) is 134 Å². The van der Waals surface area contributed by atoms with E-state index >= 15 is 0 Å². The van der Waals surface area contributed by atoms with Crippen molar-refractivity contribution in [3.8, 4) is 0 Å². The van der Waals surface area contributed by atoms with Crippen molar-refractivity contribution < 1.29 is 16.8 Å². The largest absolute Gasteiger partial charge is 0.368 e. The summed E-state index contributed by atoms with van der Waals surface area (Å²) in [6.07, 6.45) is 5.90. The zero-order chi connectivity index (χ0) is 37.6. The van der Waals surface area contributed by atoms with E-state index in [2.05, 4.69) is 32.1 Å². The van der Waals surface area contributed by atoms with Gasteiger partial charge in [-0.15, -0.1) is 0 Å². The molecule has 3 aliphatic rings. The lowest BCUT2D eigenvalue weighted by atomic mass is 10.1. The van der Waals surface area contributed by atoms with E-state index in [1.54, 1.807) is 48.8 Å². The molecule has 5 aromatic carbocycles. The second kappa shape index (κ2) is 14.5. The Morgan fingerprint density at radius 3 is 1.84 bits per heavy atom. The van der Waals surface area contributed by atoms with E-state index in [0.717, 1.165) is 84.2 Å². The molecule has 55 heavy (non-hydrogen) atoms. The average Bonchev–Trinajstić information content (AvgIpc) is 4.00. The predicted molar refractivity (Wildman–Crippen MR) is 221 cm³/mol. The van der Waals surface area contributed by atoms with Crippen LogP contribution < -0.4 is 15.1 Å². The Balaban J connectivity index is 0.000000144. The van der Waals surface area contributed by atoms with E-state index in [1.165, 1.54) is 27.3 Å². The van der Waals surface area contributed by atoms with Crippen molar-refractivity contribution in [1.29, 1.82) is 0 Å². The molecule has 0 amide bonds. The summed E-state index contributed by atoms with van der Waals surface area (Å²) in [7, 11) is -7.27. The van der Waals surface area contributed by atoms with Gasteiger partial charge in [0.2, 0.25) is 0 Å². The summed E-state index contributed by atoms with van der Waals surface area (Å²) in [5.41, 5.74) is 3.68. The number of nitrogens with one attached hydrogen (secondary N) is 1. The van der Waals surface area contributed by atoms with Crippen LogP contribution in [0.2, 0.25) is 0 Å². The van der Waals surface area contributed by atoms with Crippen molar-refractivity contribution in [1.82, 2.24) is 18.2 Å². The van der Waals surface area contributed by atoms with Crippen molar-refractivity contribution in [3.63, 3.8) is 0 Å². The molecule has 1 N–H and O–H groups in total. The maximum absolute atomic E-state index is 13.4. The Hall–Kier alpha value is -5.14. The first-order chi connectivity index (χ1) is 26.8. The van der Waals surface area contributed by atoms with Crippen molar-refractivity contribution in [2.24, 2.45) is 0 Å². The highest BCUT2D eigenvalue weighted by Gasteiger charge is 2.31. The normalized spacial score (nSPS) is 18.1. The number of aromatic nitrogens is 2. The molecule has 282 valence electrons. The molecular weight excluding hydrogens is 729 g/mol. The third kappa shape index (κ3) is 6.56. The fraction of sp³-hybridized carbons (Fsp3) is 0.256. The minimum absolute atomic E-state index is 0.302. The summed E-state index contributed by atoms with van der Waals surface area (Å²) in [6, 6.07) is 38.0. The van der Waals surface area contributed by atoms with Crippen molar-refractivity contribution in [2.45, 2.75) is 28.7 Å². The van der Waals surface area contributed by atoms with Crippen LogP contribution in [-0.4, -0.2) is 88.1 Å². The summed E-state index contributed by atoms with van der Waals surface area (Å²) in [5.74, 6) is 0. The lowest BCUT2D eigenvalue weighted by Gasteiger charge is -2.39. The quantitative estimate of drug-likeness (QED) is 0.202. The van der Waals surface area contributed by atoms with Gasteiger partial charge >= 0.3 is 0 Å². The van der Waals surface area contributed by atoms with E-state index in [4.69, 9.17) is 0 Å². The first kappa shape index (κ1) is 35.6. The number of nitrogens with zero attached hydrogens (tertiary/aromatic N) is 5. The topological polar surface area (TPSA) is 99.9 Å². The average molecular weight is 773 g/mol. The molecule has 0 aliphatic carbocycles. The summed E-state index contributed by atoms with van der Waals surface area (Å²) in [5, 5.41) is 7.27. The van der Waals surface area contributed by atoms with Gasteiger partial charge in [-0.25, -0.2) is 24.8 Å². The van der Waals surface area contributed by atoms with Gasteiger partial charge in [0.25, 0.3) is 20.0 Å². The minimum Gasteiger partial charge on any atom is -0.368 e. The van der Waals surface area contributed by atoms with Crippen LogP contribution >= 0.6 is 0 Å². The van der Waals surface area contributed by atoms with Gasteiger partial charge in [-0.3, -0.25) is 4.90 Å². The Bertz CT molecular complexity index is 2720. The van der Waals surface area contributed by atoms with Crippen molar-refractivity contribution >= 4 is 64.0 Å². The first-order valence-corrected chi connectivity index (χ1v) is 21.9. The molecule has 0 bridgehead atoms. The van der Waals surface area contributed by atoms with Crippen molar-refractivity contribution in [2.75, 3.05) is 62.2 Å². The lowest BCUT2D eigenvalue weighted by molar-refractivity contribution is 0.231. The summed E-state index contributed by atoms with van der Waals surface area (Å²) in [4.78, 5) is 7.94. The molecule has 1 unspecified atom stereocenters. The number of hydrogen-bond acceptors (Lipinski definition) is 8. The van der Waals surface area contributed by atoms with Gasteiger partial charge in [0.05, 0.1) is 20.8 Å². The van der Waals surface area contributed by atoms with Gasteiger partial charge in [-0.1, -0.05) is 60.7 Å². The van der Waals surface area contributed by atoms with E-state index < -0.39 is 20.0 Å². The van der Waals surface area contributed by atoms with Gasteiger partial charge in [-0.2, -0.15) is 0 Å². The molecule has 10 rings (SSSR count).